The van der Waals surface area contributed by atoms with Crippen LogP contribution in [0.25, 0.3) is 28.2 Å². The van der Waals surface area contributed by atoms with E-state index in [4.69, 9.17) is 18.6 Å². The summed E-state index contributed by atoms with van der Waals surface area (Å²) in [4.78, 5) is 24.6. The van der Waals surface area contributed by atoms with Crippen LogP contribution in [0.3, 0.4) is 0 Å². The number of methoxy groups -OCH3 is 1. The molecule has 0 unspecified atom stereocenters. The Morgan fingerprint density at radius 2 is 1.66 bits per heavy atom. The second-order valence-electron chi connectivity index (χ2n) is 7.23. The molecule has 0 saturated carbocycles. The first kappa shape index (κ1) is 18.8. The third-order valence-electron chi connectivity index (χ3n) is 4.70. The summed E-state index contributed by atoms with van der Waals surface area (Å²) in [5.41, 5.74) is 2.92. The van der Waals surface area contributed by atoms with Crippen LogP contribution in [0.1, 0.15) is 25.2 Å². The van der Waals surface area contributed by atoms with Gasteiger partial charge in [-0.05, 0) is 30.7 Å². The van der Waals surface area contributed by atoms with Gasteiger partial charge in [0, 0.05) is 30.4 Å². The smallest absolute Gasteiger partial charge is 0.348 e. The van der Waals surface area contributed by atoms with E-state index in [1.165, 1.54) is 27.0 Å². The maximum atomic E-state index is 12.3. The maximum absolute atomic E-state index is 12.3. The summed E-state index contributed by atoms with van der Waals surface area (Å²) in [6.07, 6.45) is 1.40. The van der Waals surface area contributed by atoms with Gasteiger partial charge < -0.3 is 18.6 Å². The molecular formula is C23H20O6. The van der Waals surface area contributed by atoms with Gasteiger partial charge in [0.2, 0.25) is 0 Å². The normalized spacial score (nSPS) is 15.8. The summed E-state index contributed by atoms with van der Waals surface area (Å²) < 4.78 is 21.8. The number of ether oxygens (including phenoxy) is 3. The summed E-state index contributed by atoms with van der Waals surface area (Å²) in [5, 5.41) is 0.877. The standard InChI is InChI=1S/C23H20O6/c1-13-20(14-8-6-5-7-9-14)16-12-18(26-4)15(11-19(16)27-13)10-17-21(24)28-23(2,3)29-22(17)25/h5-12H,1-4H3. The predicted molar refractivity (Wildman–Crippen MR) is 107 cm³/mol. The predicted octanol–water partition coefficient (Wildman–Crippen LogP) is 4.64. The first-order valence-electron chi connectivity index (χ1n) is 9.14. The number of furan rings is 1. The summed E-state index contributed by atoms with van der Waals surface area (Å²) in [6, 6.07) is 13.5. The lowest BCUT2D eigenvalue weighted by molar-refractivity contribution is -0.222. The fraction of sp³-hybridized carbons (Fsp3) is 0.217. The van der Waals surface area contributed by atoms with Crippen LogP contribution in [-0.2, 0) is 19.1 Å². The molecule has 1 saturated heterocycles. The van der Waals surface area contributed by atoms with E-state index in [0.717, 1.165) is 22.3 Å². The number of fused-ring (bicyclic) bond motifs is 1. The van der Waals surface area contributed by atoms with Gasteiger partial charge in [-0.3, -0.25) is 0 Å². The summed E-state index contributed by atoms with van der Waals surface area (Å²) in [6.45, 7) is 4.90. The van der Waals surface area contributed by atoms with E-state index < -0.39 is 17.7 Å². The zero-order valence-corrected chi connectivity index (χ0v) is 16.6. The third kappa shape index (κ3) is 3.38. The number of aryl methyl sites for hydroxylation is 1. The zero-order chi connectivity index (χ0) is 20.8. The van der Waals surface area contributed by atoms with Gasteiger partial charge in [0.25, 0.3) is 5.79 Å². The van der Waals surface area contributed by atoms with Gasteiger partial charge in [0.1, 0.15) is 22.7 Å². The van der Waals surface area contributed by atoms with E-state index in [1.807, 2.05) is 43.3 Å². The van der Waals surface area contributed by atoms with Crippen molar-refractivity contribution in [3.05, 3.63) is 59.4 Å². The topological polar surface area (TPSA) is 75.0 Å². The molecule has 29 heavy (non-hydrogen) atoms. The molecule has 0 spiro atoms. The average molecular weight is 392 g/mol. The van der Waals surface area contributed by atoms with Gasteiger partial charge in [0.15, 0.2) is 0 Å². The van der Waals surface area contributed by atoms with Crippen molar-refractivity contribution in [1.82, 2.24) is 0 Å². The Bertz CT molecular complexity index is 1130. The van der Waals surface area contributed by atoms with Crippen molar-refractivity contribution in [2.24, 2.45) is 0 Å². The van der Waals surface area contributed by atoms with E-state index in [9.17, 15) is 9.59 Å². The molecular weight excluding hydrogens is 372 g/mol. The molecule has 2 heterocycles. The molecule has 2 aromatic carbocycles. The molecule has 4 rings (SSSR count). The van der Waals surface area contributed by atoms with E-state index >= 15 is 0 Å². The SMILES string of the molecule is COc1cc2c(-c3ccccc3)c(C)oc2cc1C=C1C(=O)OC(C)(C)OC1=O. The Kier molecular flexibility index (Phi) is 4.42. The molecule has 6 nitrogen and oxygen atoms in total. The number of cyclic esters (lactones) is 2. The second-order valence-corrected chi connectivity index (χ2v) is 7.23. The zero-order valence-electron chi connectivity index (χ0n) is 16.6. The minimum absolute atomic E-state index is 0.200. The van der Waals surface area contributed by atoms with Crippen molar-refractivity contribution < 1.29 is 28.2 Å². The lowest BCUT2D eigenvalue weighted by Gasteiger charge is -2.29. The summed E-state index contributed by atoms with van der Waals surface area (Å²) >= 11 is 0. The summed E-state index contributed by atoms with van der Waals surface area (Å²) in [5.74, 6) is -1.52. The van der Waals surface area contributed by atoms with Crippen molar-refractivity contribution in [3.8, 4) is 16.9 Å². The van der Waals surface area contributed by atoms with Crippen LogP contribution in [-0.4, -0.2) is 24.8 Å². The van der Waals surface area contributed by atoms with Gasteiger partial charge in [-0.15, -0.1) is 0 Å². The molecule has 0 radical (unpaired) electrons. The molecule has 0 bridgehead atoms. The van der Waals surface area contributed by atoms with Crippen LogP contribution in [0.5, 0.6) is 5.75 Å². The van der Waals surface area contributed by atoms with Crippen LogP contribution in [0.15, 0.2) is 52.5 Å². The van der Waals surface area contributed by atoms with Crippen LogP contribution < -0.4 is 4.74 Å². The van der Waals surface area contributed by atoms with Crippen molar-refractivity contribution in [3.63, 3.8) is 0 Å². The van der Waals surface area contributed by atoms with Gasteiger partial charge in [0.05, 0.1) is 7.11 Å². The highest BCUT2D eigenvalue weighted by molar-refractivity contribution is 6.19. The van der Waals surface area contributed by atoms with Gasteiger partial charge in [-0.25, -0.2) is 9.59 Å². The van der Waals surface area contributed by atoms with Gasteiger partial charge in [-0.1, -0.05) is 30.3 Å². The number of carbonyl (C=O) groups is 2. The fourth-order valence-electron chi connectivity index (χ4n) is 3.45. The minimum atomic E-state index is -1.29. The lowest BCUT2D eigenvalue weighted by atomic mass is 10.00. The quantitative estimate of drug-likeness (QED) is 0.367. The largest absolute Gasteiger partial charge is 0.496 e. The molecule has 0 amide bonds. The van der Waals surface area contributed by atoms with Crippen molar-refractivity contribution in [2.45, 2.75) is 26.6 Å². The van der Waals surface area contributed by atoms with E-state index in [0.29, 0.717) is 16.9 Å². The molecule has 0 atom stereocenters. The highest BCUT2D eigenvalue weighted by atomic mass is 16.7. The first-order valence-corrected chi connectivity index (χ1v) is 9.14. The van der Waals surface area contributed by atoms with Gasteiger partial charge in [-0.2, -0.15) is 0 Å². The summed E-state index contributed by atoms with van der Waals surface area (Å²) in [7, 11) is 1.53. The third-order valence-corrected chi connectivity index (χ3v) is 4.70. The molecule has 0 aliphatic carbocycles. The molecule has 3 aromatic rings. The number of esters is 2. The molecule has 1 aromatic heterocycles. The number of carbonyl (C=O) groups excluding carboxylic acids is 2. The number of rotatable bonds is 3. The molecule has 1 aliphatic heterocycles. The fourth-order valence-corrected chi connectivity index (χ4v) is 3.45. The Morgan fingerprint density at radius 1 is 1.00 bits per heavy atom. The van der Waals surface area contributed by atoms with Crippen LogP contribution in [0.2, 0.25) is 0 Å². The maximum Gasteiger partial charge on any atom is 0.348 e. The molecule has 1 aliphatic rings. The number of benzene rings is 2. The second kappa shape index (κ2) is 6.81. The average Bonchev–Trinajstić information content (AvgIpc) is 2.98. The van der Waals surface area contributed by atoms with Crippen molar-refractivity contribution in [2.75, 3.05) is 7.11 Å². The molecule has 0 N–H and O–H groups in total. The Morgan fingerprint density at radius 3 is 2.28 bits per heavy atom. The molecule has 6 heteroatoms. The number of hydrogen-bond donors (Lipinski definition) is 0. The number of hydrogen-bond acceptors (Lipinski definition) is 6. The highest BCUT2D eigenvalue weighted by Gasteiger charge is 2.39. The van der Waals surface area contributed by atoms with Gasteiger partial charge >= 0.3 is 11.9 Å². The Hall–Kier alpha value is -3.54. The Balaban J connectivity index is 1.85. The van der Waals surface area contributed by atoms with E-state index in [2.05, 4.69) is 0 Å². The Labute approximate surface area is 167 Å². The van der Waals surface area contributed by atoms with Crippen LogP contribution in [0.4, 0.5) is 0 Å². The van der Waals surface area contributed by atoms with Crippen molar-refractivity contribution >= 4 is 29.0 Å². The highest BCUT2D eigenvalue weighted by Crippen LogP contribution is 2.39. The van der Waals surface area contributed by atoms with Crippen LogP contribution >= 0.6 is 0 Å². The molecule has 148 valence electrons. The van der Waals surface area contributed by atoms with Crippen molar-refractivity contribution in [1.29, 1.82) is 0 Å². The first-order chi connectivity index (χ1) is 13.8. The van der Waals surface area contributed by atoms with E-state index in [-0.39, 0.29) is 5.57 Å². The van der Waals surface area contributed by atoms with Crippen LogP contribution in [0, 0.1) is 6.92 Å². The lowest BCUT2D eigenvalue weighted by Crippen LogP contribution is -2.41. The molecule has 1 fully saturated rings. The van der Waals surface area contributed by atoms with E-state index in [1.54, 1.807) is 6.07 Å². The monoisotopic (exact) mass is 392 g/mol. The minimum Gasteiger partial charge on any atom is -0.496 e.